The number of para-hydroxylation sites is 1. The molecule has 2 heterocycles. The predicted molar refractivity (Wildman–Crippen MR) is 133 cm³/mol. The summed E-state index contributed by atoms with van der Waals surface area (Å²) in [6.07, 6.45) is 9.62. The summed E-state index contributed by atoms with van der Waals surface area (Å²) in [4.78, 5) is 0. The Balaban J connectivity index is 1.28. The fourth-order valence-corrected chi connectivity index (χ4v) is 5.88. The molecule has 0 saturated carbocycles. The number of fused-ring (bicyclic) bond motifs is 1. The van der Waals surface area contributed by atoms with Crippen LogP contribution in [-0.4, -0.2) is 54.1 Å². The number of hydrogen-bond acceptors (Lipinski definition) is 8. The summed E-state index contributed by atoms with van der Waals surface area (Å²) < 4.78 is 40.5. The first-order valence-electron chi connectivity index (χ1n) is 13.3. The lowest BCUT2D eigenvalue weighted by atomic mass is 9.99. The molecule has 9 heteroatoms. The topological polar surface area (TPSA) is 104 Å². The highest BCUT2D eigenvalue weighted by atomic mass is 31.2. The second-order valence-electron chi connectivity index (χ2n) is 9.50. The number of unbranched alkanes of at least 4 members (excludes halogenated alkanes) is 11. The Morgan fingerprint density at radius 3 is 2.11 bits per heavy atom. The molecule has 35 heavy (non-hydrogen) atoms. The minimum absolute atomic E-state index is 0.100. The molecule has 3 rings (SSSR count). The molecule has 8 nitrogen and oxygen atoms in total. The van der Waals surface area contributed by atoms with Crippen LogP contribution in [0.5, 0.6) is 5.75 Å². The summed E-state index contributed by atoms with van der Waals surface area (Å²) in [5.41, 5.74) is 0. The molecule has 2 aliphatic heterocycles. The van der Waals surface area contributed by atoms with Crippen molar-refractivity contribution < 1.29 is 37.8 Å². The largest absolute Gasteiger partial charge is 0.530 e. The van der Waals surface area contributed by atoms with Gasteiger partial charge in [-0.2, -0.15) is 0 Å². The van der Waals surface area contributed by atoms with Gasteiger partial charge in [-0.25, -0.2) is 4.57 Å². The first-order valence-corrected chi connectivity index (χ1v) is 14.8. The van der Waals surface area contributed by atoms with E-state index >= 15 is 0 Å². The molecule has 0 aliphatic carbocycles. The summed E-state index contributed by atoms with van der Waals surface area (Å²) >= 11 is 0. The van der Waals surface area contributed by atoms with Gasteiger partial charge in [0.15, 0.2) is 6.29 Å². The zero-order valence-electron chi connectivity index (χ0n) is 21.0. The van der Waals surface area contributed by atoms with E-state index in [-0.39, 0.29) is 6.61 Å². The second kappa shape index (κ2) is 15.3. The molecular weight excluding hydrogens is 471 g/mol. The smallest absolute Gasteiger partial charge is 0.404 e. The van der Waals surface area contributed by atoms with Crippen LogP contribution >= 0.6 is 7.82 Å². The molecule has 0 spiro atoms. The number of rotatable bonds is 16. The third kappa shape index (κ3) is 9.43. The summed E-state index contributed by atoms with van der Waals surface area (Å²) in [5, 5.41) is 21.1. The van der Waals surface area contributed by atoms with Gasteiger partial charge < -0.3 is 24.2 Å². The molecular formula is C26H43O8P. The Morgan fingerprint density at radius 2 is 1.49 bits per heavy atom. The Kier molecular flexibility index (Phi) is 12.5. The van der Waals surface area contributed by atoms with E-state index in [9.17, 15) is 14.8 Å². The molecule has 2 fully saturated rings. The van der Waals surface area contributed by atoms with Crippen LogP contribution in [-0.2, 0) is 23.1 Å². The highest BCUT2D eigenvalue weighted by molar-refractivity contribution is 7.49. The van der Waals surface area contributed by atoms with Gasteiger partial charge in [0.2, 0.25) is 0 Å². The van der Waals surface area contributed by atoms with Crippen LogP contribution in [0.1, 0.15) is 84.0 Å². The van der Waals surface area contributed by atoms with E-state index in [0.29, 0.717) is 12.4 Å². The van der Waals surface area contributed by atoms with Crippen molar-refractivity contribution in [1.29, 1.82) is 0 Å². The van der Waals surface area contributed by atoms with Gasteiger partial charge >= 0.3 is 7.82 Å². The summed E-state index contributed by atoms with van der Waals surface area (Å²) in [5.74, 6) is 0.324. The van der Waals surface area contributed by atoms with Crippen LogP contribution < -0.4 is 4.52 Å². The van der Waals surface area contributed by atoms with Crippen LogP contribution in [0, 0.1) is 0 Å². The van der Waals surface area contributed by atoms with Gasteiger partial charge in [-0.1, -0.05) is 95.8 Å². The molecule has 0 amide bonds. The summed E-state index contributed by atoms with van der Waals surface area (Å²) in [6, 6.07) is 8.51. The quantitative estimate of drug-likeness (QED) is 0.212. The van der Waals surface area contributed by atoms with E-state index in [1.165, 1.54) is 64.2 Å². The van der Waals surface area contributed by atoms with E-state index in [1.54, 1.807) is 30.3 Å². The monoisotopic (exact) mass is 514 g/mol. The molecule has 0 radical (unpaired) electrons. The standard InChI is InChI=1S/C26H43O8P/c1-2-3-4-5-6-7-8-9-10-11-12-16-19-30-26-24(28)23(27)25-22(32-26)20-31-35(29,34-25)33-21-17-14-13-15-18-21/h13-15,17-18,22-28H,2-12,16,19-20H2,1H3/t22-,23-,24-,25-,26-,35?/m1/s1. The van der Waals surface area contributed by atoms with Crippen LogP contribution in [0.25, 0.3) is 0 Å². The van der Waals surface area contributed by atoms with Gasteiger partial charge in [0.1, 0.15) is 30.2 Å². The molecule has 200 valence electrons. The molecule has 0 bridgehead atoms. The lowest BCUT2D eigenvalue weighted by molar-refractivity contribution is -0.304. The fourth-order valence-electron chi connectivity index (χ4n) is 4.45. The van der Waals surface area contributed by atoms with E-state index < -0.39 is 38.5 Å². The van der Waals surface area contributed by atoms with Crippen LogP contribution in [0.4, 0.5) is 0 Å². The van der Waals surface area contributed by atoms with Crippen molar-refractivity contribution in [3.63, 3.8) is 0 Å². The molecule has 1 aromatic carbocycles. The molecule has 2 N–H and O–H groups in total. The lowest BCUT2D eigenvalue weighted by Crippen LogP contribution is -2.61. The normalized spacial score (nSPS) is 30.7. The maximum atomic E-state index is 12.9. The molecule has 2 saturated heterocycles. The van der Waals surface area contributed by atoms with Crippen molar-refractivity contribution in [1.82, 2.24) is 0 Å². The van der Waals surface area contributed by atoms with Gasteiger partial charge in [-0.15, -0.1) is 0 Å². The second-order valence-corrected chi connectivity index (χ2v) is 11.0. The molecule has 1 aromatic rings. The number of aliphatic hydroxyl groups excluding tert-OH is 2. The summed E-state index contributed by atoms with van der Waals surface area (Å²) in [6.45, 7) is 2.58. The van der Waals surface area contributed by atoms with Crippen molar-refractivity contribution in [2.24, 2.45) is 0 Å². The molecule has 0 aromatic heterocycles. The van der Waals surface area contributed by atoms with Gasteiger partial charge in [-0.3, -0.25) is 9.05 Å². The number of benzene rings is 1. The number of hydrogen-bond donors (Lipinski definition) is 2. The zero-order chi connectivity index (χ0) is 24.9. The Labute approximate surface area is 209 Å². The van der Waals surface area contributed by atoms with Crippen molar-refractivity contribution in [2.45, 2.75) is 115 Å². The molecule has 6 atom stereocenters. The third-order valence-corrected chi connectivity index (χ3v) is 7.93. The number of aliphatic hydroxyl groups is 2. The highest BCUT2D eigenvalue weighted by Crippen LogP contribution is 2.55. The minimum atomic E-state index is -3.95. The van der Waals surface area contributed by atoms with Crippen LogP contribution in [0.3, 0.4) is 0 Å². The van der Waals surface area contributed by atoms with Crippen LogP contribution in [0.15, 0.2) is 30.3 Å². The minimum Gasteiger partial charge on any atom is -0.404 e. The first-order chi connectivity index (χ1) is 17.0. The number of ether oxygens (including phenoxy) is 2. The highest BCUT2D eigenvalue weighted by Gasteiger charge is 2.53. The van der Waals surface area contributed by atoms with E-state index in [0.717, 1.165) is 12.8 Å². The van der Waals surface area contributed by atoms with Gasteiger partial charge in [0.25, 0.3) is 0 Å². The molecule has 2 aliphatic rings. The van der Waals surface area contributed by atoms with Gasteiger partial charge in [-0.05, 0) is 18.6 Å². The lowest BCUT2D eigenvalue weighted by Gasteiger charge is -2.45. The average molecular weight is 515 g/mol. The predicted octanol–water partition coefficient (Wildman–Crippen LogP) is 5.75. The first kappa shape index (κ1) is 28.6. The zero-order valence-corrected chi connectivity index (χ0v) is 21.9. The number of phosphoric acid groups is 1. The molecule has 1 unspecified atom stereocenters. The maximum Gasteiger partial charge on any atom is 0.530 e. The average Bonchev–Trinajstić information content (AvgIpc) is 2.86. The Morgan fingerprint density at radius 1 is 0.886 bits per heavy atom. The van der Waals surface area contributed by atoms with Crippen molar-refractivity contribution in [3.8, 4) is 5.75 Å². The third-order valence-electron chi connectivity index (χ3n) is 6.53. The fraction of sp³-hybridized carbons (Fsp3) is 0.769. The Bertz CT molecular complexity index is 746. The van der Waals surface area contributed by atoms with E-state index in [4.69, 9.17) is 23.0 Å². The van der Waals surface area contributed by atoms with Gasteiger partial charge in [0.05, 0.1) is 6.61 Å². The van der Waals surface area contributed by atoms with E-state index in [1.807, 2.05) is 0 Å². The maximum absolute atomic E-state index is 12.9. The summed E-state index contributed by atoms with van der Waals surface area (Å²) in [7, 11) is -3.95. The van der Waals surface area contributed by atoms with Crippen LogP contribution in [0.2, 0.25) is 0 Å². The van der Waals surface area contributed by atoms with E-state index in [2.05, 4.69) is 6.92 Å². The Hall–Kier alpha value is -0.990. The SMILES string of the molecule is CCCCCCCCCCCCCCO[C@@H]1O[C@@H]2COP(=O)(Oc3ccccc3)O[C@H]2[C@H](O)[C@H]1O. The van der Waals surface area contributed by atoms with Crippen molar-refractivity contribution >= 4 is 7.82 Å². The number of phosphoric ester groups is 1. The van der Waals surface area contributed by atoms with Crippen molar-refractivity contribution in [3.05, 3.63) is 30.3 Å². The van der Waals surface area contributed by atoms with Gasteiger partial charge in [0, 0.05) is 6.61 Å². The van der Waals surface area contributed by atoms with Crippen molar-refractivity contribution in [2.75, 3.05) is 13.2 Å².